The van der Waals surface area contributed by atoms with Crippen LogP contribution in [0.3, 0.4) is 0 Å². The Bertz CT molecular complexity index is 995. The molecule has 0 rings (SSSR count). The van der Waals surface area contributed by atoms with E-state index in [1.165, 1.54) is 122 Å². The van der Waals surface area contributed by atoms with Crippen LogP contribution >= 0.6 is 7.82 Å². The van der Waals surface area contributed by atoms with Crippen molar-refractivity contribution < 1.29 is 47.2 Å². The summed E-state index contributed by atoms with van der Waals surface area (Å²) in [5.41, 5.74) is 0. The maximum Gasteiger partial charge on any atom is 0.472 e. The molecule has 0 heterocycles. The normalized spacial score (nSPS) is 12.9. The van der Waals surface area contributed by atoms with Crippen LogP contribution < -0.4 is 5.32 Å². The van der Waals surface area contributed by atoms with Gasteiger partial charge in [-0.25, -0.2) is 4.57 Å². The third-order valence-electron chi connectivity index (χ3n) is 9.73. The van der Waals surface area contributed by atoms with Crippen molar-refractivity contribution in [1.29, 1.82) is 0 Å². The Balaban J connectivity index is 4.51. The Hall–Kier alpha value is -1.81. The van der Waals surface area contributed by atoms with Gasteiger partial charge in [-0.3, -0.25) is 23.4 Å². The Morgan fingerprint density at radius 1 is 0.527 bits per heavy atom. The number of hydrogen-bond donors (Lipinski definition) is 2. The van der Waals surface area contributed by atoms with Gasteiger partial charge in [-0.15, -0.1) is 0 Å². The molecule has 0 aromatic carbocycles. The number of phosphoric ester groups is 1. The van der Waals surface area contributed by atoms with Gasteiger partial charge in [-0.1, -0.05) is 168 Å². The van der Waals surface area contributed by atoms with E-state index in [-0.39, 0.29) is 50.7 Å². The van der Waals surface area contributed by atoms with Crippen LogP contribution in [-0.2, 0) is 42.3 Å². The predicted molar refractivity (Wildman–Crippen MR) is 221 cm³/mol. The largest absolute Gasteiger partial charge is 0.472 e. The van der Waals surface area contributed by atoms with E-state index >= 15 is 0 Å². The molecule has 0 saturated heterocycles. The van der Waals surface area contributed by atoms with Gasteiger partial charge in [0.2, 0.25) is 5.91 Å². The van der Waals surface area contributed by atoms with E-state index in [2.05, 4.69) is 19.2 Å². The number of nitrogens with one attached hydrogen (secondary N) is 1. The summed E-state index contributed by atoms with van der Waals surface area (Å²) in [7, 11) is -4.55. The predicted octanol–water partition coefficient (Wildman–Crippen LogP) is 11.4. The summed E-state index contributed by atoms with van der Waals surface area (Å²) in [6.07, 6.45) is 31.4. The number of ether oxygens (including phenoxy) is 2. The van der Waals surface area contributed by atoms with E-state index in [1.807, 2.05) is 0 Å². The van der Waals surface area contributed by atoms with E-state index in [1.54, 1.807) is 0 Å². The van der Waals surface area contributed by atoms with Gasteiger partial charge in [-0.2, -0.15) is 0 Å². The molecule has 11 nitrogen and oxygen atoms in total. The number of ketones is 1. The molecule has 0 spiro atoms. The standard InChI is InChI=1S/C43H82NO10P/c1-4-6-8-10-12-14-16-18-20-22-24-26-28-33-42(47)51-37-40(38-53-55(49,50)52-36-35-44-41(46)32-30-31-39(3)45)54-43(48)34-29-27-25-23-21-19-17-15-13-11-9-7-5-2/h40H,4-38H2,1-3H3,(H,44,46)(H,49,50). The van der Waals surface area contributed by atoms with Crippen molar-refractivity contribution >= 4 is 31.5 Å². The van der Waals surface area contributed by atoms with Crippen molar-refractivity contribution in [3.8, 4) is 0 Å². The van der Waals surface area contributed by atoms with Gasteiger partial charge in [-0.05, 0) is 26.2 Å². The monoisotopic (exact) mass is 804 g/mol. The van der Waals surface area contributed by atoms with Crippen molar-refractivity contribution in [2.75, 3.05) is 26.4 Å². The molecule has 1 amide bonds. The molecule has 0 aliphatic rings. The SMILES string of the molecule is CCCCCCCCCCCCCCCC(=O)OCC(COP(=O)(O)OCCNC(=O)CCCC(C)=O)OC(=O)CCCCCCCCCCCCCCC. The summed E-state index contributed by atoms with van der Waals surface area (Å²) in [4.78, 5) is 58.2. The average molecular weight is 804 g/mol. The van der Waals surface area contributed by atoms with Crippen LogP contribution in [0.1, 0.15) is 220 Å². The van der Waals surface area contributed by atoms with Crippen molar-refractivity contribution in [2.24, 2.45) is 0 Å². The number of unbranched alkanes of at least 4 members (excludes halogenated alkanes) is 24. The lowest BCUT2D eigenvalue weighted by Gasteiger charge is -2.20. The number of Topliss-reactive ketones (excluding diaryl/α,β-unsaturated/α-hetero) is 1. The van der Waals surface area contributed by atoms with Gasteiger partial charge in [0.05, 0.1) is 13.2 Å². The lowest BCUT2D eigenvalue weighted by atomic mass is 10.0. The number of esters is 2. The van der Waals surface area contributed by atoms with Crippen LogP contribution in [0.4, 0.5) is 0 Å². The number of amides is 1. The lowest BCUT2D eigenvalue weighted by Crippen LogP contribution is -2.30. The molecule has 0 bridgehead atoms. The van der Waals surface area contributed by atoms with Gasteiger partial charge >= 0.3 is 19.8 Å². The molecule has 0 saturated carbocycles. The maximum absolute atomic E-state index is 12.7. The fourth-order valence-electron chi connectivity index (χ4n) is 6.35. The molecule has 0 aromatic rings. The zero-order valence-electron chi connectivity index (χ0n) is 35.4. The highest BCUT2D eigenvalue weighted by Gasteiger charge is 2.26. The van der Waals surface area contributed by atoms with Gasteiger partial charge in [0.25, 0.3) is 0 Å². The number of carbonyl (C=O) groups excluding carboxylic acids is 4. The number of carbonyl (C=O) groups is 4. The molecule has 55 heavy (non-hydrogen) atoms. The second-order valence-corrected chi connectivity index (χ2v) is 16.7. The molecule has 2 atom stereocenters. The lowest BCUT2D eigenvalue weighted by molar-refractivity contribution is -0.161. The summed E-state index contributed by atoms with van der Waals surface area (Å²) < 4.78 is 33.5. The topological polar surface area (TPSA) is 155 Å². The highest BCUT2D eigenvalue weighted by atomic mass is 31.2. The van der Waals surface area contributed by atoms with Crippen molar-refractivity contribution in [2.45, 2.75) is 226 Å². The maximum atomic E-state index is 12.7. The average Bonchev–Trinajstić information content (AvgIpc) is 3.15. The Labute approximate surface area is 335 Å². The van der Waals surface area contributed by atoms with Crippen LogP contribution in [0, 0.1) is 0 Å². The molecule has 12 heteroatoms. The fraction of sp³-hybridized carbons (Fsp3) is 0.907. The number of hydrogen-bond acceptors (Lipinski definition) is 9. The summed E-state index contributed by atoms with van der Waals surface area (Å²) in [5.74, 6) is -1.19. The second kappa shape index (κ2) is 39.0. The van der Waals surface area contributed by atoms with E-state index in [4.69, 9.17) is 18.5 Å². The highest BCUT2D eigenvalue weighted by Crippen LogP contribution is 2.43. The number of phosphoric acid groups is 1. The quantitative estimate of drug-likeness (QED) is 0.0346. The fourth-order valence-corrected chi connectivity index (χ4v) is 7.10. The number of rotatable bonds is 42. The van der Waals surface area contributed by atoms with Crippen molar-refractivity contribution in [1.82, 2.24) is 5.32 Å². The summed E-state index contributed by atoms with van der Waals surface area (Å²) in [6, 6.07) is 0. The van der Waals surface area contributed by atoms with Crippen LogP contribution in [0.2, 0.25) is 0 Å². The summed E-state index contributed by atoms with van der Waals surface area (Å²) >= 11 is 0. The molecule has 0 aliphatic carbocycles. The van der Waals surface area contributed by atoms with E-state index in [0.717, 1.165) is 38.5 Å². The molecule has 0 aromatic heterocycles. The van der Waals surface area contributed by atoms with Crippen molar-refractivity contribution in [3.05, 3.63) is 0 Å². The van der Waals surface area contributed by atoms with Crippen LogP contribution in [0.25, 0.3) is 0 Å². The minimum atomic E-state index is -4.55. The molecule has 0 aliphatic heterocycles. The molecule has 2 N–H and O–H groups in total. The Kier molecular flexibility index (Phi) is 37.8. The first kappa shape index (κ1) is 53.2. The summed E-state index contributed by atoms with van der Waals surface area (Å²) in [5, 5.41) is 2.56. The Morgan fingerprint density at radius 2 is 0.945 bits per heavy atom. The first-order chi connectivity index (χ1) is 26.6. The Morgan fingerprint density at radius 3 is 1.38 bits per heavy atom. The van der Waals surface area contributed by atoms with Crippen LogP contribution in [0.15, 0.2) is 0 Å². The molecular weight excluding hydrogens is 721 g/mol. The minimum absolute atomic E-state index is 0.00245. The van der Waals surface area contributed by atoms with E-state index in [0.29, 0.717) is 25.7 Å². The van der Waals surface area contributed by atoms with Gasteiger partial charge in [0.15, 0.2) is 6.10 Å². The van der Waals surface area contributed by atoms with Gasteiger partial charge < -0.3 is 24.5 Å². The third-order valence-corrected chi connectivity index (χ3v) is 10.7. The molecule has 0 fully saturated rings. The minimum Gasteiger partial charge on any atom is -0.462 e. The molecular formula is C43H82NO10P. The van der Waals surface area contributed by atoms with E-state index in [9.17, 15) is 28.6 Å². The van der Waals surface area contributed by atoms with Crippen molar-refractivity contribution in [3.63, 3.8) is 0 Å². The highest BCUT2D eigenvalue weighted by molar-refractivity contribution is 7.47. The van der Waals surface area contributed by atoms with Gasteiger partial charge in [0, 0.05) is 32.2 Å². The van der Waals surface area contributed by atoms with Crippen LogP contribution in [0.5, 0.6) is 0 Å². The first-order valence-electron chi connectivity index (χ1n) is 22.3. The molecule has 0 radical (unpaired) electrons. The van der Waals surface area contributed by atoms with E-state index < -0.39 is 32.5 Å². The smallest absolute Gasteiger partial charge is 0.462 e. The second-order valence-electron chi connectivity index (χ2n) is 15.3. The zero-order valence-corrected chi connectivity index (χ0v) is 36.3. The first-order valence-corrected chi connectivity index (χ1v) is 23.8. The molecule has 2 unspecified atom stereocenters. The van der Waals surface area contributed by atoms with Gasteiger partial charge in [0.1, 0.15) is 12.4 Å². The molecule has 324 valence electrons. The summed E-state index contributed by atoms with van der Waals surface area (Å²) in [6.45, 7) is 4.83. The van der Waals surface area contributed by atoms with Crippen LogP contribution in [-0.4, -0.2) is 61.0 Å². The zero-order chi connectivity index (χ0) is 40.7. The third kappa shape index (κ3) is 40.2.